The second-order valence-electron chi connectivity index (χ2n) is 8.68. The lowest BCUT2D eigenvalue weighted by Crippen LogP contribution is -2.58. The first kappa shape index (κ1) is 24.5. The number of benzene rings is 2. The van der Waals surface area contributed by atoms with E-state index in [9.17, 15) is 32.7 Å². The number of ether oxygens (including phenoxy) is 1. The van der Waals surface area contributed by atoms with Gasteiger partial charge < -0.3 is 35.2 Å². The molecular formula is C23H20F3N5O6. The smallest absolute Gasteiger partial charge is 0.282 e. The van der Waals surface area contributed by atoms with E-state index in [-0.39, 0.29) is 30.3 Å². The summed E-state index contributed by atoms with van der Waals surface area (Å²) in [7, 11) is 0. The molecule has 14 heteroatoms. The topological polar surface area (TPSA) is 151 Å². The SMILES string of the molecule is Nc1noc2cc(NC(=O)[C@H](O)[C@H]3OCCN(c4ccc(F)c(C(=O)N5CC(F)(F)C5)c4)C3=O)ccc12. The first-order chi connectivity index (χ1) is 17.5. The van der Waals surface area contributed by atoms with Gasteiger partial charge in [0.05, 0.1) is 30.6 Å². The monoisotopic (exact) mass is 519 g/mol. The Morgan fingerprint density at radius 1 is 1.22 bits per heavy atom. The number of alkyl halides is 2. The number of aliphatic hydroxyl groups excluding tert-OH is 1. The van der Waals surface area contributed by atoms with Crippen molar-refractivity contribution < 1.29 is 41.9 Å². The number of nitrogen functional groups attached to an aromatic ring is 1. The lowest BCUT2D eigenvalue weighted by atomic mass is 10.1. The van der Waals surface area contributed by atoms with E-state index in [0.29, 0.717) is 11.0 Å². The summed E-state index contributed by atoms with van der Waals surface area (Å²) in [4.78, 5) is 40.1. The van der Waals surface area contributed by atoms with Crippen LogP contribution in [-0.4, -0.2) is 77.3 Å². The molecule has 5 rings (SSSR count). The van der Waals surface area contributed by atoms with Crippen molar-refractivity contribution in [3.8, 4) is 0 Å². The van der Waals surface area contributed by atoms with E-state index >= 15 is 0 Å². The molecule has 3 amide bonds. The number of hydrogen-bond donors (Lipinski definition) is 3. The number of carbonyl (C=O) groups is 3. The molecule has 2 atom stereocenters. The lowest BCUT2D eigenvalue weighted by Gasteiger charge is -2.39. The van der Waals surface area contributed by atoms with Crippen LogP contribution in [0.25, 0.3) is 11.0 Å². The van der Waals surface area contributed by atoms with Gasteiger partial charge in [-0.3, -0.25) is 14.4 Å². The van der Waals surface area contributed by atoms with Crippen molar-refractivity contribution >= 4 is 45.9 Å². The number of fused-ring (bicyclic) bond motifs is 1. The molecule has 2 aliphatic heterocycles. The third-order valence-corrected chi connectivity index (χ3v) is 6.07. The minimum Gasteiger partial charge on any atom is -0.380 e. The maximum atomic E-state index is 14.3. The molecule has 194 valence electrons. The van der Waals surface area contributed by atoms with Gasteiger partial charge >= 0.3 is 0 Å². The van der Waals surface area contributed by atoms with Gasteiger partial charge in [-0.1, -0.05) is 5.16 Å². The Hall–Kier alpha value is -4.17. The van der Waals surface area contributed by atoms with Gasteiger partial charge in [0.25, 0.3) is 23.6 Å². The van der Waals surface area contributed by atoms with Crippen LogP contribution in [-0.2, 0) is 14.3 Å². The van der Waals surface area contributed by atoms with Crippen LogP contribution in [0, 0.1) is 5.82 Å². The van der Waals surface area contributed by atoms with E-state index in [0.717, 1.165) is 21.9 Å². The van der Waals surface area contributed by atoms with Gasteiger partial charge in [-0.2, -0.15) is 0 Å². The molecule has 0 spiro atoms. The summed E-state index contributed by atoms with van der Waals surface area (Å²) in [5.74, 6) is -6.49. The third kappa shape index (κ3) is 4.56. The molecule has 0 unspecified atom stereocenters. The standard InChI is InChI=1S/C23H20F3N5O6/c24-15-4-2-12(8-14(15)21(34)30-9-23(25,26)10-30)31-5-6-36-18(22(31)35)17(32)20(33)28-11-1-3-13-16(7-11)37-29-19(13)27/h1-4,7-8,17-18,32H,5-6,9-10H2,(H2,27,29)(H,28,33)/t17-,18-/m1/s1. The second-order valence-corrected chi connectivity index (χ2v) is 8.68. The van der Waals surface area contributed by atoms with Crippen LogP contribution in [0.2, 0.25) is 0 Å². The minimum absolute atomic E-state index is 0.0195. The number of likely N-dealkylation sites (tertiary alicyclic amines) is 1. The Balaban J connectivity index is 1.30. The molecule has 2 aromatic carbocycles. The normalized spacial score (nSPS) is 20.0. The molecule has 0 aliphatic carbocycles. The van der Waals surface area contributed by atoms with Crippen LogP contribution in [0.1, 0.15) is 10.4 Å². The van der Waals surface area contributed by atoms with Crippen molar-refractivity contribution in [2.24, 2.45) is 0 Å². The van der Waals surface area contributed by atoms with Crippen LogP contribution in [0.5, 0.6) is 0 Å². The average molecular weight is 519 g/mol. The number of rotatable bonds is 5. The number of morpholine rings is 1. The first-order valence-electron chi connectivity index (χ1n) is 11.1. The molecule has 4 N–H and O–H groups in total. The van der Waals surface area contributed by atoms with Crippen LogP contribution >= 0.6 is 0 Å². The number of anilines is 3. The zero-order valence-electron chi connectivity index (χ0n) is 19.0. The zero-order chi connectivity index (χ0) is 26.5. The number of nitrogens with two attached hydrogens (primary N) is 1. The Labute approximate surface area is 206 Å². The van der Waals surface area contributed by atoms with E-state index in [4.69, 9.17) is 15.0 Å². The summed E-state index contributed by atoms with van der Waals surface area (Å²) in [5.41, 5.74) is 5.79. The molecule has 3 aromatic rings. The van der Waals surface area contributed by atoms with Gasteiger partial charge in [-0.15, -0.1) is 0 Å². The van der Waals surface area contributed by atoms with Crippen LogP contribution < -0.4 is 16.0 Å². The Kier molecular flexibility index (Phi) is 6.00. The van der Waals surface area contributed by atoms with Crippen LogP contribution in [0.4, 0.5) is 30.4 Å². The van der Waals surface area contributed by atoms with Crippen molar-refractivity contribution in [2.45, 2.75) is 18.1 Å². The molecule has 0 bridgehead atoms. The molecule has 2 fully saturated rings. The summed E-state index contributed by atoms with van der Waals surface area (Å²) in [6, 6.07) is 7.72. The highest BCUT2D eigenvalue weighted by Crippen LogP contribution is 2.30. The van der Waals surface area contributed by atoms with Gasteiger partial charge in [-0.25, -0.2) is 13.2 Å². The second kappa shape index (κ2) is 9.05. The van der Waals surface area contributed by atoms with Crippen molar-refractivity contribution in [1.82, 2.24) is 10.1 Å². The van der Waals surface area contributed by atoms with Crippen molar-refractivity contribution in [3.63, 3.8) is 0 Å². The van der Waals surface area contributed by atoms with E-state index in [1.165, 1.54) is 18.2 Å². The third-order valence-electron chi connectivity index (χ3n) is 6.07. The highest BCUT2D eigenvalue weighted by atomic mass is 19.3. The van der Waals surface area contributed by atoms with Gasteiger partial charge in [0.15, 0.2) is 23.6 Å². The number of carbonyl (C=O) groups excluding carboxylic acids is 3. The molecule has 0 radical (unpaired) electrons. The molecule has 37 heavy (non-hydrogen) atoms. The molecule has 2 aliphatic rings. The fourth-order valence-electron chi connectivity index (χ4n) is 4.15. The Morgan fingerprint density at radius 3 is 2.70 bits per heavy atom. The number of halogens is 3. The van der Waals surface area contributed by atoms with Crippen molar-refractivity contribution in [1.29, 1.82) is 0 Å². The molecule has 3 heterocycles. The zero-order valence-corrected chi connectivity index (χ0v) is 19.0. The quantitative estimate of drug-likeness (QED) is 0.457. The van der Waals surface area contributed by atoms with Crippen LogP contribution in [0.15, 0.2) is 40.9 Å². The maximum Gasteiger partial charge on any atom is 0.282 e. The number of nitrogens with zero attached hydrogens (tertiary/aromatic N) is 3. The lowest BCUT2D eigenvalue weighted by molar-refractivity contribution is -0.150. The van der Waals surface area contributed by atoms with Crippen molar-refractivity contribution in [3.05, 3.63) is 47.8 Å². The Morgan fingerprint density at radius 2 is 1.97 bits per heavy atom. The number of hydrogen-bond acceptors (Lipinski definition) is 8. The Bertz CT molecular complexity index is 1400. The number of amides is 3. The molecule has 11 nitrogen and oxygen atoms in total. The van der Waals surface area contributed by atoms with E-state index < -0.39 is 60.3 Å². The first-order valence-corrected chi connectivity index (χ1v) is 11.1. The molecule has 2 saturated heterocycles. The summed E-state index contributed by atoms with van der Waals surface area (Å²) >= 11 is 0. The highest BCUT2D eigenvalue weighted by molar-refractivity contribution is 6.05. The van der Waals surface area contributed by atoms with E-state index in [2.05, 4.69) is 10.5 Å². The van der Waals surface area contributed by atoms with Gasteiger partial charge in [0.2, 0.25) is 0 Å². The van der Waals surface area contributed by atoms with Gasteiger partial charge in [0, 0.05) is 24.0 Å². The predicted octanol–water partition coefficient (Wildman–Crippen LogP) is 1.37. The average Bonchev–Trinajstić information content (AvgIpc) is 3.22. The summed E-state index contributed by atoms with van der Waals surface area (Å²) in [6.07, 6.45) is -3.52. The summed E-state index contributed by atoms with van der Waals surface area (Å²) in [6.45, 7) is -1.75. The van der Waals surface area contributed by atoms with E-state index in [1.54, 1.807) is 6.07 Å². The summed E-state index contributed by atoms with van der Waals surface area (Å²) in [5, 5.41) is 17.2. The fraction of sp³-hybridized carbons (Fsp3) is 0.304. The molecule has 0 saturated carbocycles. The largest absolute Gasteiger partial charge is 0.380 e. The summed E-state index contributed by atoms with van der Waals surface area (Å²) < 4.78 is 51.0. The predicted molar refractivity (Wildman–Crippen MR) is 122 cm³/mol. The fourth-order valence-corrected chi connectivity index (χ4v) is 4.15. The van der Waals surface area contributed by atoms with Gasteiger partial charge in [0.1, 0.15) is 5.82 Å². The number of aliphatic hydroxyl groups is 1. The van der Waals surface area contributed by atoms with Crippen molar-refractivity contribution in [2.75, 3.05) is 42.2 Å². The molecular weight excluding hydrogens is 499 g/mol. The van der Waals surface area contributed by atoms with E-state index in [1.807, 2.05) is 0 Å². The minimum atomic E-state index is -3.03. The number of aromatic nitrogens is 1. The highest BCUT2D eigenvalue weighted by Gasteiger charge is 2.47. The maximum absolute atomic E-state index is 14.3. The van der Waals surface area contributed by atoms with Crippen LogP contribution in [0.3, 0.4) is 0 Å². The number of nitrogens with one attached hydrogen (secondary N) is 1. The van der Waals surface area contributed by atoms with Gasteiger partial charge in [-0.05, 0) is 30.3 Å². The molecule has 1 aromatic heterocycles.